The molecule has 6 heteroatoms. The predicted octanol–water partition coefficient (Wildman–Crippen LogP) is 2.21. The molecule has 1 aliphatic carbocycles. The maximum Gasteiger partial charge on any atom is 0.408 e. The van der Waals surface area contributed by atoms with Gasteiger partial charge in [-0.15, -0.1) is 0 Å². The molecular weight excluding hydrogens is 298 g/mol. The maximum absolute atomic E-state index is 12.1. The molecule has 0 heterocycles. The number of ketones is 1. The van der Waals surface area contributed by atoms with Gasteiger partial charge in [-0.2, -0.15) is 0 Å². The first-order chi connectivity index (χ1) is 11.1. The van der Waals surface area contributed by atoms with Crippen molar-refractivity contribution in [3.63, 3.8) is 0 Å². The van der Waals surface area contributed by atoms with Gasteiger partial charge < -0.3 is 14.8 Å². The van der Waals surface area contributed by atoms with Gasteiger partial charge in [0.05, 0.1) is 12.6 Å². The molecule has 1 amide bonds. The first-order valence-corrected chi connectivity index (χ1v) is 7.75. The summed E-state index contributed by atoms with van der Waals surface area (Å²) < 4.78 is 9.89. The molecule has 0 radical (unpaired) electrons. The van der Waals surface area contributed by atoms with Crippen molar-refractivity contribution in [2.24, 2.45) is 5.92 Å². The van der Waals surface area contributed by atoms with Crippen LogP contribution in [0.2, 0.25) is 0 Å². The molecule has 1 atom stereocenters. The Bertz CT molecular complexity index is 553. The molecule has 0 unspecified atom stereocenters. The number of hydrogen-bond acceptors (Lipinski definition) is 5. The Labute approximate surface area is 135 Å². The van der Waals surface area contributed by atoms with Gasteiger partial charge in [0, 0.05) is 0 Å². The fourth-order valence-corrected chi connectivity index (χ4v) is 2.25. The van der Waals surface area contributed by atoms with Crippen molar-refractivity contribution < 1.29 is 23.9 Å². The number of hydrogen-bond donors (Lipinski definition) is 1. The van der Waals surface area contributed by atoms with Gasteiger partial charge in [-0.05, 0) is 31.2 Å². The van der Waals surface area contributed by atoms with Crippen molar-refractivity contribution in [3.8, 4) is 0 Å². The molecule has 1 aromatic carbocycles. The summed E-state index contributed by atoms with van der Waals surface area (Å²) in [6, 6.07) is 8.59. The molecule has 124 valence electrons. The van der Waals surface area contributed by atoms with Crippen LogP contribution in [0.15, 0.2) is 30.3 Å². The molecular formula is C17H21NO5. The first kappa shape index (κ1) is 17.0. The highest BCUT2D eigenvalue weighted by molar-refractivity contribution is 6.00. The van der Waals surface area contributed by atoms with Crippen LogP contribution in [0.5, 0.6) is 0 Å². The van der Waals surface area contributed by atoms with Crippen molar-refractivity contribution in [2.75, 3.05) is 6.61 Å². The molecule has 1 aromatic rings. The number of carbonyl (C=O) groups is 3. The number of amides is 1. The van der Waals surface area contributed by atoms with E-state index in [0.717, 1.165) is 18.4 Å². The van der Waals surface area contributed by atoms with Gasteiger partial charge in [0.15, 0.2) is 5.78 Å². The third-order valence-electron chi connectivity index (χ3n) is 3.55. The zero-order chi connectivity index (χ0) is 16.7. The maximum atomic E-state index is 12.1. The van der Waals surface area contributed by atoms with E-state index in [1.165, 1.54) is 0 Å². The minimum Gasteiger partial charge on any atom is -0.466 e. The molecule has 2 rings (SSSR count). The van der Waals surface area contributed by atoms with E-state index >= 15 is 0 Å². The van der Waals surface area contributed by atoms with E-state index in [1.807, 2.05) is 30.3 Å². The molecule has 0 spiro atoms. The highest BCUT2D eigenvalue weighted by Gasteiger charge is 2.38. The molecule has 1 fully saturated rings. The number of Topliss-reactive ketones (excluding diaryl/α,β-unsaturated/α-hetero) is 1. The van der Waals surface area contributed by atoms with Crippen LogP contribution in [0.3, 0.4) is 0 Å². The van der Waals surface area contributed by atoms with Gasteiger partial charge in [-0.1, -0.05) is 30.3 Å². The summed E-state index contributed by atoms with van der Waals surface area (Å²) >= 11 is 0. The van der Waals surface area contributed by atoms with Crippen LogP contribution in [0, 0.1) is 5.92 Å². The number of ether oxygens (including phenoxy) is 2. The highest BCUT2D eigenvalue weighted by atomic mass is 16.5. The van der Waals surface area contributed by atoms with Crippen molar-refractivity contribution >= 4 is 17.8 Å². The fraction of sp³-hybridized carbons (Fsp3) is 0.471. The van der Waals surface area contributed by atoms with Crippen LogP contribution in [0.25, 0.3) is 0 Å². The Morgan fingerprint density at radius 2 is 1.87 bits per heavy atom. The van der Waals surface area contributed by atoms with Crippen molar-refractivity contribution in [3.05, 3.63) is 35.9 Å². The van der Waals surface area contributed by atoms with Crippen molar-refractivity contribution in [1.82, 2.24) is 5.32 Å². The average molecular weight is 319 g/mol. The number of alkyl carbamates (subject to hydrolysis) is 1. The van der Waals surface area contributed by atoms with E-state index in [-0.39, 0.29) is 31.3 Å². The molecule has 1 aliphatic rings. The lowest BCUT2D eigenvalue weighted by atomic mass is 10.1. The minimum absolute atomic E-state index is 0.0844. The number of carbonyl (C=O) groups excluding carboxylic acids is 3. The molecule has 0 saturated heterocycles. The topological polar surface area (TPSA) is 81.7 Å². The lowest BCUT2D eigenvalue weighted by Gasteiger charge is -2.16. The zero-order valence-electron chi connectivity index (χ0n) is 13.1. The van der Waals surface area contributed by atoms with E-state index in [1.54, 1.807) is 6.92 Å². The molecule has 0 aromatic heterocycles. The van der Waals surface area contributed by atoms with Gasteiger partial charge in [0.1, 0.15) is 13.0 Å². The van der Waals surface area contributed by atoms with Crippen molar-refractivity contribution in [2.45, 2.75) is 38.8 Å². The summed E-state index contributed by atoms with van der Waals surface area (Å²) in [6.45, 7) is 2.04. The monoisotopic (exact) mass is 319 g/mol. The van der Waals surface area contributed by atoms with Crippen LogP contribution in [-0.2, 0) is 25.7 Å². The van der Waals surface area contributed by atoms with Crippen LogP contribution < -0.4 is 5.32 Å². The van der Waals surface area contributed by atoms with Crippen LogP contribution in [0.1, 0.15) is 31.7 Å². The minimum atomic E-state index is -0.678. The van der Waals surface area contributed by atoms with Gasteiger partial charge in [0.25, 0.3) is 0 Å². The lowest BCUT2D eigenvalue weighted by molar-refractivity contribution is -0.146. The normalized spacial score (nSPS) is 14.7. The van der Waals surface area contributed by atoms with Crippen molar-refractivity contribution in [1.29, 1.82) is 0 Å². The number of benzene rings is 1. The highest BCUT2D eigenvalue weighted by Crippen LogP contribution is 2.33. The summed E-state index contributed by atoms with van der Waals surface area (Å²) in [5.74, 6) is -0.814. The van der Waals surface area contributed by atoms with Crippen LogP contribution in [-0.4, -0.2) is 30.5 Å². The number of rotatable bonds is 8. The van der Waals surface area contributed by atoms with E-state index in [2.05, 4.69) is 5.32 Å². The molecule has 0 aliphatic heterocycles. The smallest absolute Gasteiger partial charge is 0.408 e. The van der Waals surface area contributed by atoms with E-state index in [4.69, 9.17) is 9.47 Å². The fourth-order valence-electron chi connectivity index (χ4n) is 2.25. The SMILES string of the molecule is CCOC(=O)CC(=O)[C@@H](NC(=O)OCc1ccccc1)C1CC1. The van der Waals surface area contributed by atoms with Crippen LogP contribution >= 0.6 is 0 Å². The summed E-state index contributed by atoms with van der Waals surface area (Å²) in [5, 5.41) is 2.58. The number of esters is 1. The standard InChI is InChI=1S/C17H21NO5/c1-2-22-15(20)10-14(19)16(13-8-9-13)18-17(21)23-11-12-6-4-3-5-7-12/h3-7,13,16H,2,8-11H2,1H3,(H,18,21)/t16-/m0/s1. The molecule has 1 saturated carbocycles. The van der Waals surface area contributed by atoms with E-state index in [0.29, 0.717) is 0 Å². The summed E-state index contributed by atoms with van der Waals surface area (Å²) in [4.78, 5) is 35.4. The van der Waals surface area contributed by atoms with Gasteiger partial charge in [0.2, 0.25) is 0 Å². The second-order valence-corrected chi connectivity index (χ2v) is 5.47. The van der Waals surface area contributed by atoms with E-state index < -0.39 is 18.1 Å². The first-order valence-electron chi connectivity index (χ1n) is 7.75. The predicted molar refractivity (Wildman–Crippen MR) is 82.5 cm³/mol. The second-order valence-electron chi connectivity index (χ2n) is 5.47. The summed E-state index contributed by atoms with van der Waals surface area (Å²) in [7, 11) is 0. The van der Waals surface area contributed by atoms with E-state index in [9.17, 15) is 14.4 Å². The Hall–Kier alpha value is -2.37. The molecule has 1 N–H and O–H groups in total. The lowest BCUT2D eigenvalue weighted by Crippen LogP contribution is -2.43. The van der Waals surface area contributed by atoms with Crippen LogP contribution in [0.4, 0.5) is 4.79 Å². The molecule has 6 nitrogen and oxygen atoms in total. The third kappa shape index (κ3) is 5.73. The zero-order valence-corrected chi connectivity index (χ0v) is 13.1. The Morgan fingerprint density at radius 1 is 1.17 bits per heavy atom. The summed E-state index contributed by atoms with van der Waals surface area (Å²) in [6.07, 6.45) is 0.743. The average Bonchev–Trinajstić information content (AvgIpc) is 3.36. The largest absolute Gasteiger partial charge is 0.466 e. The van der Waals surface area contributed by atoms with Gasteiger partial charge >= 0.3 is 12.1 Å². The number of nitrogens with one attached hydrogen (secondary N) is 1. The third-order valence-corrected chi connectivity index (χ3v) is 3.55. The second kappa shape index (κ2) is 8.31. The molecule has 0 bridgehead atoms. The quantitative estimate of drug-likeness (QED) is 0.587. The van der Waals surface area contributed by atoms with Gasteiger partial charge in [-0.25, -0.2) is 4.79 Å². The van der Waals surface area contributed by atoms with Gasteiger partial charge in [-0.3, -0.25) is 9.59 Å². The Kier molecular flexibility index (Phi) is 6.14. The Morgan fingerprint density at radius 3 is 2.48 bits per heavy atom. The molecule has 23 heavy (non-hydrogen) atoms. The summed E-state index contributed by atoms with van der Waals surface area (Å²) in [5.41, 5.74) is 0.864. The Balaban J connectivity index is 1.82.